The lowest BCUT2D eigenvalue weighted by Crippen LogP contribution is -1.92. The Hall–Kier alpha value is -1.12. The maximum atomic E-state index is 10.9. The molecule has 0 fully saturated rings. The normalized spacial score (nSPS) is 11.6. The minimum atomic E-state index is -3.87. The van der Waals surface area contributed by atoms with Gasteiger partial charge in [-0.2, -0.15) is 10.1 Å². The summed E-state index contributed by atoms with van der Waals surface area (Å²) in [7, 11) is 2.78. The van der Waals surface area contributed by atoms with Gasteiger partial charge in [0, 0.05) is 22.1 Å². The van der Waals surface area contributed by atoms with Gasteiger partial charge in [-0.3, -0.25) is 0 Å². The maximum absolute atomic E-state index is 10.9. The van der Waals surface area contributed by atoms with E-state index in [-0.39, 0.29) is 11.0 Å². The summed E-state index contributed by atoms with van der Waals surface area (Å²) in [6.07, 6.45) is 0. The van der Waals surface area contributed by atoms with Crippen molar-refractivity contribution in [1.82, 2.24) is 15.2 Å². The van der Waals surface area contributed by atoms with Crippen LogP contribution in [0.4, 0.5) is 0 Å². The Balaban J connectivity index is 2.39. The van der Waals surface area contributed by atoms with Gasteiger partial charge in [-0.1, -0.05) is 0 Å². The van der Waals surface area contributed by atoms with E-state index in [1.54, 1.807) is 18.6 Å². The van der Waals surface area contributed by atoms with E-state index in [1.165, 1.54) is 11.3 Å². The van der Waals surface area contributed by atoms with Crippen molar-refractivity contribution in [3.63, 3.8) is 0 Å². The van der Waals surface area contributed by atoms with Gasteiger partial charge >= 0.3 is 0 Å². The number of nitrogens with one attached hydrogen (secondary N) is 1. The average molecular weight is 280 g/mol. The quantitative estimate of drug-likeness (QED) is 0.860. The van der Waals surface area contributed by atoms with Crippen molar-refractivity contribution < 1.29 is 13.2 Å². The van der Waals surface area contributed by atoms with Gasteiger partial charge in [0.25, 0.3) is 14.2 Å². The van der Waals surface area contributed by atoms with Gasteiger partial charge in [0.2, 0.25) is 0 Å². The third-order valence-corrected chi connectivity index (χ3v) is 3.71. The van der Waals surface area contributed by atoms with Crippen molar-refractivity contribution in [3.05, 3.63) is 11.4 Å². The van der Waals surface area contributed by atoms with Crippen molar-refractivity contribution in [1.29, 1.82) is 0 Å². The number of thiophene rings is 1. The molecule has 2 aromatic rings. The Labute approximate surface area is 99.7 Å². The van der Waals surface area contributed by atoms with Crippen LogP contribution >= 0.6 is 22.0 Å². The molecular formula is C7H6ClN3O3S2. The first-order valence-corrected chi connectivity index (χ1v) is 7.19. The molecule has 2 aromatic heterocycles. The van der Waals surface area contributed by atoms with Gasteiger partial charge in [0.15, 0.2) is 5.82 Å². The highest BCUT2D eigenvalue weighted by molar-refractivity contribution is 8.13. The number of aromatic amines is 1. The lowest BCUT2D eigenvalue weighted by Gasteiger charge is -1.89. The third kappa shape index (κ3) is 2.18. The molecule has 2 rings (SSSR count). The number of halogens is 1. The fourth-order valence-corrected chi connectivity index (χ4v) is 2.35. The summed E-state index contributed by atoms with van der Waals surface area (Å²) in [6.45, 7) is 0. The van der Waals surface area contributed by atoms with Crippen molar-refractivity contribution in [2.24, 2.45) is 0 Å². The first kappa shape index (κ1) is 11.4. The van der Waals surface area contributed by atoms with E-state index in [1.807, 2.05) is 0 Å². The van der Waals surface area contributed by atoms with Crippen molar-refractivity contribution in [2.75, 3.05) is 7.11 Å². The smallest absolute Gasteiger partial charge is 0.296 e. The minimum absolute atomic E-state index is 0.271. The number of rotatable bonds is 3. The molecule has 0 saturated heterocycles. The number of hydrogen-bond donors (Lipinski definition) is 1. The Morgan fingerprint density at radius 3 is 2.81 bits per heavy atom. The Morgan fingerprint density at radius 1 is 1.56 bits per heavy atom. The summed E-state index contributed by atoms with van der Waals surface area (Å²) in [4.78, 5) is 4.46. The van der Waals surface area contributed by atoms with Crippen LogP contribution in [0.2, 0.25) is 0 Å². The Bertz CT molecular complexity index is 604. The van der Waals surface area contributed by atoms with E-state index < -0.39 is 9.05 Å². The van der Waals surface area contributed by atoms with Crippen LogP contribution < -0.4 is 4.74 Å². The monoisotopic (exact) mass is 279 g/mol. The molecule has 16 heavy (non-hydrogen) atoms. The molecule has 0 amide bonds. The SMILES string of the molecule is COc1csc(-c2n[nH]c(S(=O)(=O)Cl)n2)c1. The van der Waals surface area contributed by atoms with Crippen LogP contribution in [0.25, 0.3) is 10.7 Å². The van der Waals surface area contributed by atoms with Crippen LogP contribution in [0.1, 0.15) is 0 Å². The molecule has 0 aliphatic carbocycles. The summed E-state index contributed by atoms with van der Waals surface area (Å²) < 4.78 is 26.9. The van der Waals surface area contributed by atoms with E-state index in [4.69, 9.17) is 15.4 Å². The second-order valence-electron chi connectivity index (χ2n) is 2.75. The van der Waals surface area contributed by atoms with E-state index in [0.717, 1.165) is 0 Å². The summed E-state index contributed by atoms with van der Waals surface area (Å²) in [5.74, 6) is 0.938. The summed E-state index contributed by atoms with van der Waals surface area (Å²) in [5.41, 5.74) is 0. The number of nitrogens with zero attached hydrogens (tertiary/aromatic N) is 2. The number of methoxy groups -OCH3 is 1. The molecule has 0 spiro atoms. The van der Waals surface area contributed by atoms with Gasteiger partial charge in [0.1, 0.15) is 5.75 Å². The largest absolute Gasteiger partial charge is 0.496 e. The van der Waals surface area contributed by atoms with Gasteiger partial charge in [-0.05, 0) is 0 Å². The molecule has 1 N–H and O–H groups in total. The molecular weight excluding hydrogens is 274 g/mol. The van der Waals surface area contributed by atoms with E-state index in [2.05, 4.69) is 15.2 Å². The van der Waals surface area contributed by atoms with Gasteiger partial charge in [-0.25, -0.2) is 13.5 Å². The van der Waals surface area contributed by atoms with Gasteiger partial charge < -0.3 is 4.74 Å². The topological polar surface area (TPSA) is 84.9 Å². The van der Waals surface area contributed by atoms with Gasteiger partial charge in [-0.15, -0.1) is 11.3 Å². The summed E-state index contributed by atoms with van der Waals surface area (Å²) in [6, 6.07) is 1.71. The molecule has 2 heterocycles. The Kier molecular flexibility index (Phi) is 2.87. The third-order valence-electron chi connectivity index (χ3n) is 1.73. The fourth-order valence-electron chi connectivity index (χ4n) is 1.01. The van der Waals surface area contributed by atoms with Crippen LogP contribution in [0, 0.1) is 0 Å². The van der Waals surface area contributed by atoms with Crippen molar-refractivity contribution in [2.45, 2.75) is 5.16 Å². The standard InChI is InChI=1S/C7H6ClN3O3S2/c1-14-4-2-5(15-3-4)6-9-7(11-10-6)16(8,12)13/h2-3H,1H3,(H,9,10,11). The average Bonchev–Trinajstić information content (AvgIpc) is 2.85. The zero-order valence-corrected chi connectivity index (χ0v) is 10.4. The van der Waals surface area contributed by atoms with Crippen LogP contribution in [0.15, 0.2) is 16.6 Å². The first-order valence-electron chi connectivity index (χ1n) is 4.00. The number of ether oxygens (including phenoxy) is 1. The lowest BCUT2D eigenvalue weighted by molar-refractivity contribution is 0.417. The maximum Gasteiger partial charge on any atom is 0.296 e. The van der Waals surface area contributed by atoms with Gasteiger partial charge in [0.05, 0.1) is 12.0 Å². The van der Waals surface area contributed by atoms with E-state index >= 15 is 0 Å². The zero-order valence-electron chi connectivity index (χ0n) is 7.97. The molecule has 86 valence electrons. The molecule has 6 nitrogen and oxygen atoms in total. The molecule has 0 aromatic carbocycles. The molecule has 0 radical (unpaired) electrons. The zero-order chi connectivity index (χ0) is 11.8. The van der Waals surface area contributed by atoms with Crippen molar-refractivity contribution in [3.8, 4) is 16.5 Å². The van der Waals surface area contributed by atoms with Crippen LogP contribution in [-0.4, -0.2) is 30.7 Å². The molecule has 9 heteroatoms. The number of aromatic nitrogens is 3. The molecule has 0 aliphatic rings. The molecule has 0 saturated carbocycles. The van der Waals surface area contributed by atoms with Crippen LogP contribution in [0.5, 0.6) is 5.75 Å². The molecule has 0 unspecified atom stereocenters. The summed E-state index contributed by atoms with van der Waals surface area (Å²) in [5, 5.41) is 7.41. The highest BCUT2D eigenvalue weighted by atomic mass is 35.7. The molecule has 0 bridgehead atoms. The van der Waals surface area contributed by atoms with E-state index in [9.17, 15) is 8.42 Å². The van der Waals surface area contributed by atoms with Crippen LogP contribution in [-0.2, 0) is 9.05 Å². The second-order valence-corrected chi connectivity index (χ2v) is 6.15. The fraction of sp³-hybridized carbons (Fsp3) is 0.143. The first-order chi connectivity index (χ1) is 7.50. The number of H-pyrrole nitrogens is 1. The number of hydrogen-bond acceptors (Lipinski definition) is 6. The predicted molar refractivity (Wildman–Crippen MR) is 59.3 cm³/mol. The molecule has 0 aliphatic heterocycles. The van der Waals surface area contributed by atoms with E-state index in [0.29, 0.717) is 10.6 Å². The van der Waals surface area contributed by atoms with Crippen molar-refractivity contribution >= 4 is 31.1 Å². The minimum Gasteiger partial charge on any atom is -0.496 e. The second kappa shape index (κ2) is 4.04. The predicted octanol–water partition coefficient (Wildman–Crippen LogP) is 1.47. The summed E-state index contributed by atoms with van der Waals surface area (Å²) >= 11 is 1.34. The highest BCUT2D eigenvalue weighted by Crippen LogP contribution is 2.29. The van der Waals surface area contributed by atoms with Crippen LogP contribution in [0.3, 0.4) is 0 Å². The molecule has 0 atom stereocenters. The highest BCUT2D eigenvalue weighted by Gasteiger charge is 2.17. The Morgan fingerprint density at radius 2 is 2.31 bits per heavy atom. The lowest BCUT2D eigenvalue weighted by atomic mass is 10.4.